The Labute approximate surface area is 358 Å². The summed E-state index contributed by atoms with van der Waals surface area (Å²) in [5.74, 6) is -6.84. The Morgan fingerprint density at radius 3 is 1.95 bits per heavy atom. The minimum absolute atomic E-state index is 0.00289. The van der Waals surface area contributed by atoms with E-state index >= 15 is 4.79 Å². The lowest BCUT2D eigenvalue weighted by Gasteiger charge is -2.67. The lowest BCUT2D eigenvalue weighted by Crippen LogP contribution is -2.82. The van der Waals surface area contributed by atoms with E-state index in [1.165, 1.54) is 26.0 Å². The van der Waals surface area contributed by atoms with Gasteiger partial charge >= 0.3 is 23.9 Å². The SMILES string of the molecule is CC(=O)O[C@H]1C(=O)[C@@]2(C)C([C@H](OC(=O)c3ccccc3)[C@]3(O)CC(OC(=O)C(O)[C@@H](NC(=O)c4ccccc4)c4ccccc4)C(C)=C1C3(C)C)[C@]1(OC(C)=O)CO[C@@H]1C[C@@H]2O. The van der Waals surface area contributed by atoms with Crippen molar-refractivity contribution in [2.24, 2.45) is 16.7 Å². The van der Waals surface area contributed by atoms with Crippen molar-refractivity contribution in [1.29, 1.82) is 0 Å². The Kier molecular flexibility index (Phi) is 11.8. The van der Waals surface area contributed by atoms with Crippen LogP contribution in [0, 0.1) is 16.7 Å². The minimum atomic E-state index is -2.39. The van der Waals surface area contributed by atoms with E-state index in [0.717, 1.165) is 13.8 Å². The van der Waals surface area contributed by atoms with E-state index in [2.05, 4.69) is 5.32 Å². The van der Waals surface area contributed by atoms with Crippen molar-refractivity contribution in [3.63, 3.8) is 0 Å². The summed E-state index contributed by atoms with van der Waals surface area (Å²) in [5, 5.41) is 40.2. The number of Topliss-reactive ketones (excluding diaryl/α,β-unsaturated/α-hetero) is 1. The second-order valence-corrected chi connectivity index (χ2v) is 17.4. The Morgan fingerprint density at radius 2 is 1.40 bits per heavy atom. The Bertz CT molecular complexity index is 2280. The Morgan fingerprint density at radius 1 is 0.823 bits per heavy atom. The fourth-order valence-corrected chi connectivity index (χ4v) is 10.2. The van der Waals surface area contributed by atoms with Gasteiger partial charge in [-0.1, -0.05) is 80.6 Å². The third kappa shape index (κ3) is 7.29. The van der Waals surface area contributed by atoms with Gasteiger partial charge in [-0.2, -0.15) is 0 Å². The molecule has 0 radical (unpaired) electrons. The summed E-state index contributed by atoms with van der Waals surface area (Å²) in [4.78, 5) is 83.5. The van der Waals surface area contributed by atoms with Crippen molar-refractivity contribution in [3.8, 4) is 0 Å². The molecule has 3 unspecified atom stereocenters. The smallest absolute Gasteiger partial charge is 0.338 e. The molecule has 1 aliphatic heterocycles. The van der Waals surface area contributed by atoms with E-state index in [0.29, 0.717) is 5.56 Å². The van der Waals surface area contributed by atoms with Gasteiger partial charge in [0.1, 0.15) is 23.9 Å². The van der Waals surface area contributed by atoms with Crippen molar-refractivity contribution in [1.82, 2.24) is 5.32 Å². The highest BCUT2D eigenvalue weighted by Crippen LogP contribution is 2.64. The normalized spacial score (nSPS) is 31.9. The van der Waals surface area contributed by atoms with Gasteiger partial charge in [0.2, 0.25) is 0 Å². The van der Waals surface area contributed by atoms with Crippen LogP contribution in [0.5, 0.6) is 0 Å². The van der Waals surface area contributed by atoms with Crippen molar-refractivity contribution in [2.45, 2.75) is 108 Å². The molecule has 1 saturated heterocycles. The molecule has 2 bridgehead atoms. The topological polar surface area (TPSA) is 221 Å². The highest BCUT2D eigenvalue weighted by Gasteiger charge is 2.78. The molecule has 11 atom stereocenters. The molecule has 3 fully saturated rings. The fraction of sp³-hybridized carbons (Fsp3) is 0.447. The predicted octanol–water partition coefficient (Wildman–Crippen LogP) is 3.74. The van der Waals surface area contributed by atoms with Crippen LogP contribution in [0.4, 0.5) is 0 Å². The number of ketones is 1. The van der Waals surface area contributed by atoms with Crippen LogP contribution in [0.1, 0.15) is 86.7 Å². The second kappa shape index (κ2) is 16.5. The number of aliphatic hydroxyl groups is 3. The number of aliphatic hydroxyl groups excluding tert-OH is 2. The number of nitrogens with one attached hydrogen (secondary N) is 1. The van der Waals surface area contributed by atoms with Crippen molar-refractivity contribution < 1.29 is 67.8 Å². The Balaban J connectivity index is 1.39. The molecule has 3 aromatic carbocycles. The monoisotopic (exact) mass is 853 g/mol. The van der Waals surface area contributed by atoms with E-state index in [9.17, 15) is 39.3 Å². The molecule has 4 N–H and O–H groups in total. The van der Waals surface area contributed by atoms with Gasteiger partial charge in [-0.3, -0.25) is 19.2 Å². The van der Waals surface area contributed by atoms with Gasteiger partial charge in [-0.05, 0) is 54.8 Å². The molecule has 4 aliphatic rings. The zero-order chi connectivity index (χ0) is 44.9. The Hall–Kier alpha value is -5.74. The molecule has 15 nitrogen and oxygen atoms in total. The maximum Gasteiger partial charge on any atom is 0.338 e. The molecule has 3 aromatic rings. The number of esters is 4. The van der Waals surface area contributed by atoms with Gasteiger partial charge < -0.3 is 44.3 Å². The van der Waals surface area contributed by atoms with Gasteiger partial charge in [0, 0.05) is 37.7 Å². The number of benzene rings is 3. The number of carbonyl (C=O) groups excluding carboxylic acids is 6. The van der Waals surface area contributed by atoms with Gasteiger partial charge in [0.15, 0.2) is 23.6 Å². The first kappa shape index (κ1) is 44.3. The molecule has 328 valence electrons. The summed E-state index contributed by atoms with van der Waals surface area (Å²) in [5.41, 5.74) is -7.02. The second-order valence-electron chi connectivity index (χ2n) is 17.4. The summed E-state index contributed by atoms with van der Waals surface area (Å²) >= 11 is 0. The van der Waals surface area contributed by atoms with Crippen LogP contribution >= 0.6 is 0 Å². The van der Waals surface area contributed by atoms with E-state index in [1.54, 1.807) is 92.7 Å². The van der Waals surface area contributed by atoms with Gasteiger partial charge in [-0.25, -0.2) is 9.59 Å². The molecule has 3 aliphatic carbocycles. The molecular weight excluding hydrogens is 803 g/mol. The molecule has 0 spiro atoms. The van der Waals surface area contributed by atoms with Crippen LogP contribution in [0.15, 0.2) is 102 Å². The summed E-state index contributed by atoms with van der Waals surface area (Å²) < 4.78 is 30.3. The quantitative estimate of drug-likeness (QED) is 0.130. The van der Waals surface area contributed by atoms with E-state index in [-0.39, 0.29) is 35.3 Å². The molecule has 15 heteroatoms. The average Bonchev–Trinajstić information content (AvgIpc) is 3.24. The molecule has 1 amide bonds. The third-order valence-electron chi connectivity index (χ3n) is 13.5. The van der Waals surface area contributed by atoms with Gasteiger partial charge in [-0.15, -0.1) is 0 Å². The zero-order valence-corrected chi connectivity index (χ0v) is 35.2. The third-order valence-corrected chi connectivity index (χ3v) is 13.5. The molecule has 0 aromatic heterocycles. The largest absolute Gasteiger partial charge is 0.456 e. The van der Waals surface area contributed by atoms with Crippen molar-refractivity contribution >= 4 is 35.6 Å². The predicted molar refractivity (Wildman–Crippen MR) is 218 cm³/mol. The summed E-state index contributed by atoms with van der Waals surface area (Å²) in [6.45, 7) is 7.97. The number of amides is 1. The molecule has 7 rings (SSSR count). The average molecular weight is 854 g/mol. The lowest BCUT2D eigenvalue weighted by atomic mass is 9.44. The van der Waals surface area contributed by atoms with Crippen LogP contribution in [0.2, 0.25) is 0 Å². The number of hydrogen-bond acceptors (Lipinski definition) is 14. The molecular formula is C47H51NO14. The van der Waals surface area contributed by atoms with Crippen molar-refractivity contribution in [3.05, 3.63) is 119 Å². The number of rotatable bonds is 10. The fourth-order valence-electron chi connectivity index (χ4n) is 10.2. The maximum absolute atomic E-state index is 15.5. The van der Waals surface area contributed by atoms with Gasteiger partial charge in [0.25, 0.3) is 5.91 Å². The molecule has 62 heavy (non-hydrogen) atoms. The van der Waals surface area contributed by atoms with Crippen LogP contribution in [0.3, 0.4) is 0 Å². The van der Waals surface area contributed by atoms with Crippen LogP contribution in [-0.2, 0) is 42.9 Å². The van der Waals surface area contributed by atoms with Crippen LogP contribution in [0.25, 0.3) is 0 Å². The highest BCUT2D eigenvalue weighted by molar-refractivity contribution is 5.96. The zero-order valence-electron chi connectivity index (χ0n) is 35.2. The van der Waals surface area contributed by atoms with Crippen LogP contribution in [-0.4, -0.2) is 105 Å². The standard InChI is InChI=1S/C47H51NO14/c1-25-31(60-43(56)36(52)35(28-16-10-7-11-17-28)48-41(54)29-18-12-8-13-19-29)23-47(57)40(61-42(55)30-20-14-9-15-21-30)38-45(6,32(51)22-33-46(38,24-58-33)62-27(3)50)39(53)37(59-26(2)49)34(25)44(47,4)5/h7-21,31-33,35-38,40,51-52,57H,22-24H2,1-6H3,(H,48,54)/t31?,32-,33+,35-,36?,37+,38?,40-,45+,46-,47+/m0/s1. The summed E-state index contributed by atoms with van der Waals surface area (Å²) in [6.07, 6.45) is -10.5. The maximum atomic E-state index is 15.5. The highest BCUT2D eigenvalue weighted by atomic mass is 16.6. The minimum Gasteiger partial charge on any atom is -0.456 e. The number of fused-ring (bicyclic) bond motifs is 5. The first-order valence-electron chi connectivity index (χ1n) is 20.5. The first-order chi connectivity index (χ1) is 29.3. The first-order valence-corrected chi connectivity index (χ1v) is 20.5. The number of hydrogen-bond donors (Lipinski definition) is 4. The van der Waals surface area contributed by atoms with E-state index in [1.807, 2.05) is 0 Å². The van der Waals surface area contributed by atoms with E-state index in [4.69, 9.17) is 23.7 Å². The van der Waals surface area contributed by atoms with Crippen LogP contribution < -0.4 is 5.32 Å². The lowest BCUT2D eigenvalue weighted by molar-refractivity contribution is -0.346. The van der Waals surface area contributed by atoms with E-state index < -0.39 is 113 Å². The summed E-state index contributed by atoms with van der Waals surface area (Å²) in [6, 6.07) is 22.9. The number of ether oxygens (including phenoxy) is 5. The van der Waals surface area contributed by atoms with Crippen molar-refractivity contribution in [2.75, 3.05) is 6.61 Å². The summed E-state index contributed by atoms with van der Waals surface area (Å²) in [7, 11) is 0. The number of carbonyl (C=O) groups is 6. The molecule has 1 heterocycles. The molecule has 2 saturated carbocycles. The van der Waals surface area contributed by atoms with Gasteiger partial charge in [0.05, 0.1) is 35.6 Å².